The minimum Gasteiger partial charge on any atom is -0.491 e. The summed E-state index contributed by atoms with van der Waals surface area (Å²) in [5, 5.41) is 8.94. The van der Waals surface area contributed by atoms with Crippen molar-refractivity contribution in [1.82, 2.24) is 25.1 Å². The van der Waals surface area contributed by atoms with Crippen molar-refractivity contribution in [2.45, 2.75) is 20.3 Å². The quantitative estimate of drug-likeness (QED) is 0.222. The SMILES string of the molecule is CC(=O)c1ccc(C2=CC(C)Cc3[nH]c(-c4n[nH]c5ccc(-c6cncc(OCCN(C)C)c6)cc45)cc32)s1. The molecular weight excluding hydrogens is 506 g/mol. The Balaban J connectivity index is 1.34. The fraction of sp³-hybridized carbons (Fsp3) is 0.258. The fourth-order valence-electron chi connectivity index (χ4n) is 5.07. The van der Waals surface area contributed by atoms with E-state index in [0.29, 0.717) is 12.5 Å². The molecule has 5 aromatic rings. The second-order valence-electron chi connectivity index (χ2n) is 10.5. The Labute approximate surface area is 231 Å². The van der Waals surface area contributed by atoms with Crippen molar-refractivity contribution in [3.05, 3.63) is 81.9 Å². The van der Waals surface area contributed by atoms with Gasteiger partial charge in [0.2, 0.25) is 0 Å². The van der Waals surface area contributed by atoms with Crippen molar-refractivity contribution in [2.75, 3.05) is 27.2 Å². The molecule has 0 spiro atoms. The zero-order valence-electron chi connectivity index (χ0n) is 22.5. The molecule has 198 valence electrons. The Morgan fingerprint density at radius 1 is 1.13 bits per heavy atom. The Kier molecular flexibility index (Phi) is 6.66. The molecule has 1 unspecified atom stereocenters. The number of thiophene rings is 1. The number of carbonyl (C=O) groups excluding carboxylic acids is 1. The number of H-pyrrole nitrogens is 2. The van der Waals surface area contributed by atoms with Crippen LogP contribution in [0.1, 0.15) is 39.7 Å². The predicted molar refractivity (Wildman–Crippen MR) is 157 cm³/mol. The number of aromatic nitrogens is 4. The van der Waals surface area contributed by atoms with E-state index in [1.807, 2.05) is 32.4 Å². The normalized spacial score (nSPS) is 15.0. The second-order valence-corrected chi connectivity index (χ2v) is 11.5. The van der Waals surface area contributed by atoms with Crippen LogP contribution in [-0.4, -0.2) is 58.1 Å². The second kappa shape index (κ2) is 10.3. The van der Waals surface area contributed by atoms with Crippen LogP contribution in [0.3, 0.4) is 0 Å². The fourth-order valence-corrected chi connectivity index (χ4v) is 6.01. The maximum absolute atomic E-state index is 11.9. The van der Waals surface area contributed by atoms with Crippen LogP contribution in [0, 0.1) is 5.92 Å². The number of Topliss-reactive ketones (excluding diaryl/α,β-unsaturated/α-hetero) is 1. The highest BCUT2D eigenvalue weighted by Crippen LogP contribution is 2.40. The third-order valence-corrected chi connectivity index (χ3v) is 8.28. The number of ether oxygens (including phenoxy) is 1. The van der Waals surface area contributed by atoms with Gasteiger partial charge in [-0.1, -0.05) is 19.1 Å². The molecular formula is C31H31N5O2S. The number of nitrogens with one attached hydrogen (secondary N) is 2. The van der Waals surface area contributed by atoms with Crippen LogP contribution < -0.4 is 4.74 Å². The molecule has 1 aliphatic carbocycles. The first kappa shape index (κ1) is 25.3. The third kappa shape index (κ3) is 5.05. The molecule has 1 aromatic carbocycles. The number of hydrogen-bond donors (Lipinski definition) is 2. The summed E-state index contributed by atoms with van der Waals surface area (Å²) in [6.45, 7) is 5.30. The van der Waals surface area contributed by atoms with E-state index >= 15 is 0 Å². The zero-order valence-corrected chi connectivity index (χ0v) is 23.4. The molecule has 4 heterocycles. The number of ketones is 1. The van der Waals surface area contributed by atoms with Crippen LogP contribution in [0.4, 0.5) is 0 Å². The third-order valence-electron chi connectivity index (χ3n) is 7.06. The van der Waals surface area contributed by atoms with Gasteiger partial charge < -0.3 is 14.6 Å². The van der Waals surface area contributed by atoms with Crippen LogP contribution in [0.15, 0.2) is 60.9 Å². The van der Waals surface area contributed by atoms with E-state index in [1.165, 1.54) is 16.8 Å². The van der Waals surface area contributed by atoms with Crippen molar-refractivity contribution in [3.8, 4) is 28.3 Å². The summed E-state index contributed by atoms with van der Waals surface area (Å²) in [7, 11) is 4.06. The molecule has 2 N–H and O–H groups in total. The van der Waals surface area contributed by atoms with Gasteiger partial charge in [-0.3, -0.25) is 14.9 Å². The van der Waals surface area contributed by atoms with E-state index < -0.39 is 0 Å². The molecule has 8 heteroatoms. The monoisotopic (exact) mass is 537 g/mol. The van der Waals surface area contributed by atoms with E-state index in [1.54, 1.807) is 24.5 Å². The van der Waals surface area contributed by atoms with Gasteiger partial charge in [-0.25, -0.2) is 0 Å². The van der Waals surface area contributed by atoms with Gasteiger partial charge in [0.15, 0.2) is 5.78 Å². The summed E-state index contributed by atoms with van der Waals surface area (Å²) in [6, 6.07) is 14.5. The van der Waals surface area contributed by atoms with Gasteiger partial charge in [-0.2, -0.15) is 5.10 Å². The molecule has 1 atom stereocenters. The van der Waals surface area contributed by atoms with Crippen LogP contribution in [-0.2, 0) is 6.42 Å². The van der Waals surface area contributed by atoms with Crippen molar-refractivity contribution in [3.63, 3.8) is 0 Å². The van der Waals surface area contributed by atoms with Gasteiger partial charge in [0.05, 0.1) is 22.3 Å². The number of likely N-dealkylation sites (N-methyl/N-ethyl adjacent to an activating group) is 1. The maximum Gasteiger partial charge on any atom is 0.169 e. The largest absolute Gasteiger partial charge is 0.491 e. The molecule has 6 rings (SSSR count). The van der Waals surface area contributed by atoms with Gasteiger partial charge in [0.1, 0.15) is 18.1 Å². The van der Waals surface area contributed by atoms with Gasteiger partial charge >= 0.3 is 0 Å². The van der Waals surface area contributed by atoms with E-state index in [2.05, 4.69) is 63.3 Å². The number of pyridine rings is 1. The van der Waals surface area contributed by atoms with Crippen molar-refractivity contribution < 1.29 is 9.53 Å². The lowest BCUT2D eigenvalue weighted by molar-refractivity contribution is 0.102. The first-order chi connectivity index (χ1) is 18.9. The molecule has 0 saturated heterocycles. The summed E-state index contributed by atoms with van der Waals surface area (Å²) in [4.78, 5) is 24.0. The number of rotatable bonds is 8. The lowest BCUT2D eigenvalue weighted by Gasteiger charge is -2.17. The summed E-state index contributed by atoms with van der Waals surface area (Å²) in [5.74, 6) is 1.25. The van der Waals surface area contributed by atoms with Crippen LogP contribution in [0.2, 0.25) is 0 Å². The van der Waals surface area contributed by atoms with Gasteiger partial charge in [0, 0.05) is 39.8 Å². The Bertz CT molecular complexity index is 1710. The predicted octanol–water partition coefficient (Wildman–Crippen LogP) is 6.45. The van der Waals surface area contributed by atoms with Crippen molar-refractivity contribution in [2.24, 2.45) is 5.92 Å². The molecule has 0 radical (unpaired) electrons. The van der Waals surface area contributed by atoms with E-state index in [-0.39, 0.29) is 5.78 Å². The molecule has 0 aliphatic heterocycles. The summed E-state index contributed by atoms with van der Waals surface area (Å²) in [5.41, 5.74) is 8.45. The molecule has 4 aromatic heterocycles. The Morgan fingerprint density at radius 2 is 2.00 bits per heavy atom. The van der Waals surface area contributed by atoms with E-state index in [9.17, 15) is 4.79 Å². The lowest BCUT2D eigenvalue weighted by atomic mass is 9.89. The van der Waals surface area contributed by atoms with Gasteiger partial charge in [-0.05, 0) is 80.9 Å². The summed E-state index contributed by atoms with van der Waals surface area (Å²) < 4.78 is 5.91. The number of nitrogens with zero attached hydrogens (tertiary/aromatic N) is 3. The molecule has 0 bridgehead atoms. The van der Waals surface area contributed by atoms with E-state index in [0.717, 1.165) is 61.9 Å². The highest BCUT2D eigenvalue weighted by molar-refractivity contribution is 7.15. The minimum absolute atomic E-state index is 0.102. The van der Waals surface area contributed by atoms with E-state index in [4.69, 9.17) is 9.84 Å². The maximum atomic E-state index is 11.9. The number of allylic oxidation sites excluding steroid dienone is 1. The molecule has 1 aliphatic rings. The molecule has 7 nitrogen and oxygen atoms in total. The number of fused-ring (bicyclic) bond motifs is 2. The smallest absolute Gasteiger partial charge is 0.169 e. The van der Waals surface area contributed by atoms with Gasteiger partial charge in [-0.15, -0.1) is 11.3 Å². The number of benzene rings is 1. The molecule has 0 amide bonds. The number of aromatic amines is 2. The van der Waals surface area contributed by atoms with Crippen molar-refractivity contribution in [1.29, 1.82) is 0 Å². The summed E-state index contributed by atoms with van der Waals surface area (Å²) >= 11 is 1.56. The average molecular weight is 538 g/mol. The number of hydrogen-bond acceptors (Lipinski definition) is 6. The highest BCUT2D eigenvalue weighted by atomic mass is 32.1. The minimum atomic E-state index is 0.102. The zero-order chi connectivity index (χ0) is 27.1. The van der Waals surface area contributed by atoms with Gasteiger partial charge in [0.25, 0.3) is 0 Å². The first-order valence-electron chi connectivity index (χ1n) is 13.1. The summed E-state index contributed by atoms with van der Waals surface area (Å²) in [6.07, 6.45) is 6.87. The van der Waals surface area contributed by atoms with Crippen LogP contribution in [0.5, 0.6) is 5.75 Å². The van der Waals surface area contributed by atoms with Crippen molar-refractivity contribution >= 4 is 33.6 Å². The average Bonchev–Trinajstić information content (AvgIpc) is 3.65. The lowest BCUT2D eigenvalue weighted by Crippen LogP contribution is -2.19. The standard InChI is InChI=1S/C31H31N5O2S/c1-18-11-24(30-8-7-29(39-30)19(2)37)23-15-28(33-27(23)12-18)31-25-14-20(5-6-26(25)34-35-31)21-13-22(17-32-16-21)38-10-9-36(3)4/h5-8,11,13-18,33H,9-10,12H2,1-4H3,(H,34,35). The Hall–Kier alpha value is -4.01. The van der Waals surface area contributed by atoms with Crippen LogP contribution >= 0.6 is 11.3 Å². The Morgan fingerprint density at radius 3 is 2.79 bits per heavy atom. The molecule has 39 heavy (non-hydrogen) atoms. The number of carbonyl (C=O) groups is 1. The highest BCUT2D eigenvalue weighted by Gasteiger charge is 2.24. The van der Waals surface area contributed by atoms with Crippen LogP contribution in [0.25, 0.3) is 39.0 Å². The topological polar surface area (TPSA) is 86.9 Å². The molecule has 0 fully saturated rings. The molecule has 0 saturated carbocycles. The first-order valence-corrected chi connectivity index (χ1v) is 13.9.